The molecule has 0 saturated heterocycles. The lowest BCUT2D eigenvalue weighted by atomic mass is 10.1. The quantitative estimate of drug-likeness (QED) is 0.0485. The van der Waals surface area contributed by atoms with Crippen molar-refractivity contribution in [1.29, 1.82) is 0 Å². The van der Waals surface area contributed by atoms with E-state index >= 15 is 0 Å². The van der Waals surface area contributed by atoms with Gasteiger partial charge in [0, 0.05) is 17.2 Å². The molecule has 0 amide bonds. The second kappa shape index (κ2) is 20.4. The van der Waals surface area contributed by atoms with Crippen LogP contribution in [0.2, 0.25) is 0 Å². The minimum atomic E-state index is -1.98. The Balaban J connectivity index is 0.00000625. The van der Waals surface area contributed by atoms with Gasteiger partial charge in [0.2, 0.25) is 0 Å². The van der Waals surface area contributed by atoms with E-state index < -0.39 is 19.2 Å². The van der Waals surface area contributed by atoms with Crippen LogP contribution in [0.25, 0.3) is 11.5 Å². The molecule has 0 atom stereocenters. The molecule has 0 heterocycles. The van der Waals surface area contributed by atoms with E-state index in [-0.39, 0.29) is 12.4 Å². The molecular weight excluding hydrogens is 635 g/mol. The van der Waals surface area contributed by atoms with Crippen molar-refractivity contribution in [3.8, 4) is 0 Å². The standard InChI is InChI=1S/C42H48O4P.ClH/c1-4-7-30-47(31-8-5-2,32-9-6-3)39(40(35-24-16-11-17-25-35)46-42(44)37-28-20-13-21-29-37)33-38(34-22-14-10-15-23-34)45-41(43)36-26-18-12-19-27-36;/h10-29,33H,4-9,30-32H2,1-3H3;1H/q+1;/p-1/b38-33+,40-39-;. The Morgan fingerprint density at radius 1 is 0.521 bits per heavy atom. The van der Waals surface area contributed by atoms with E-state index in [4.69, 9.17) is 9.47 Å². The molecule has 4 nitrogen and oxygen atoms in total. The van der Waals surface area contributed by atoms with E-state index in [1.807, 2.05) is 103 Å². The highest BCUT2D eigenvalue weighted by molar-refractivity contribution is 7.80. The Morgan fingerprint density at radius 2 is 0.875 bits per heavy atom. The van der Waals surface area contributed by atoms with E-state index in [1.165, 1.54) is 0 Å². The van der Waals surface area contributed by atoms with Crippen LogP contribution < -0.4 is 12.4 Å². The predicted molar refractivity (Wildman–Crippen MR) is 198 cm³/mol. The van der Waals surface area contributed by atoms with Crippen molar-refractivity contribution in [2.24, 2.45) is 0 Å². The Kier molecular flexibility index (Phi) is 16.3. The number of rotatable bonds is 17. The van der Waals surface area contributed by atoms with Gasteiger partial charge in [-0.2, -0.15) is 0 Å². The lowest BCUT2D eigenvalue weighted by Crippen LogP contribution is -3.00. The topological polar surface area (TPSA) is 52.6 Å². The van der Waals surface area contributed by atoms with E-state index in [9.17, 15) is 9.59 Å². The maximum Gasteiger partial charge on any atom is 0.343 e. The van der Waals surface area contributed by atoms with E-state index in [2.05, 4.69) is 20.8 Å². The van der Waals surface area contributed by atoms with Gasteiger partial charge in [0.1, 0.15) is 11.1 Å². The molecule has 0 unspecified atom stereocenters. The first-order valence-corrected chi connectivity index (χ1v) is 19.3. The second-order valence-corrected chi connectivity index (χ2v) is 16.0. The first-order valence-electron chi connectivity index (χ1n) is 17.0. The average Bonchev–Trinajstić information content (AvgIpc) is 3.13. The molecule has 0 aliphatic heterocycles. The van der Waals surface area contributed by atoms with Crippen molar-refractivity contribution in [2.75, 3.05) is 18.5 Å². The molecule has 0 aliphatic rings. The first-order chi connectivity index (χ1) is 23.0. The maximum atomic E-state index is 13.9. The summed E-state index contributed by atoms with van der Waals surface area (Å²) in [6, 6.07) is 37.9. The van der Waals surface area contributed by atoms with Crippen LogP contribution >= 0.6 is 7.26 Å². The van der Waals surface area contributed by atoms with E-state index in [0.717, 1.165) is 73.5 Å². The van der Waals surface area contributed by atoms with Gasteiger partial charge in [-0.15, -0.1) is 0 Å². The summed E-state index contributed by atoms with van der Waals surface area (Å²) in [5, 5.41) is 1.00. The molecule has 0 radical (unpaired) electrons. The van der Waals surface area contributed by atoms with Gasteiger partial charge in [0.15, 0.2) is 5.76 Å². The smallest absolute Gasteiger partial charge is 0.343 e. The van der Waals surface area contributed by atoms with Crippen LogP contribution in [-0.4, -0.2) is 30.4 Å². The molecule has 0 bridgehead atoms. The highest BCUT2D eigenvalue weighted by Gasteiger charge is 2.43. The first kappa shape index (κ1) is 38.5. The van der Waals surface area contributed by atoms with Crippen LogP contribution in [0.1, 0.15) is 91.1 Å². The number of carbonyl (C=O) groups is 2. The summed E-state index contributed by atoms with van der Waals surface area (Å²) < 4.78 is 12.8. The Morgan fingerprint density at radius 3 is 1.27 bits per heavy atom. The maximum absolute atomic E-state index is 13.9. The molecule has 0 aromatic heterocycles. The SMILES string of the molecule is CCCC[P+](CCCC)(CCCC)C(/C=C(/OC(=O)c1ccccc1)c1ccccc1)=C(\OC(=O)c1ccccc1)c1ccccc1.[Cl-]. The molecule has 0 spiro atoms. The third kappa shape index (κ3) is 10.8. The zero-order valence-electron chi connectivity index (χ0n) is 28.4. The summed E-state index contributed by atoms with van der Waals surface area (Å²) in [5.74, 6) is 0.174. The van der Waals surface area contributed by atoms with Crippen molar-refractivity contribution in [1.82, 2.24) is 0 Å². The predicted octanol–water partition coefficient (Wildman–Crippen LogP) is 8.53. The highest BCUT2D eigenvalue weighted by atomic mass is 35.5. The number of esters is 2. The van der Waals surface area contributed by atoms with Crippen molar-refractivity contribution >= 4 is 30.7 Å². The van der Waals surface area contributed by atoms with Gasteiger partial charge < -0.3 is 21.9 Å². The summed E-state index contributed by atoms with van der Waals surface area (Å²) in [5.41, 5.74) is 2.58. The van der Waals surface area contributed by atoms with Gasteiger partial charge in [0.25, 0.3) is 0 Å². The average molecular weight is 683 g/mol. The number of unbranched alkanes of at least 4 members (excludes halogenated alkanes) is 3. The number of hydrogen-bond donors (Lipinski definition) is 0. The summed E-state index contributed by atoms with van der Waals surface area (Å²) in [4.78, 5) is 27.5. The third-order valence-corrected chi connectivity index (χ3v) is 13.2. The van der Waals surface area contributed by atoms with Crippen LogP contribution in [0, 0.1) is 0 Å². The summed E-state index contributed by atoms with van der Waals surface area (Å²) in [7, 11) is -1.98. The lowest BCUT2D eigenvalue weighted by molar-refractivity contribution is -0.0000369. The summed E-state index contributed by atoms with van der Waals surface area (Å²) in [6.45, 7) is 6.70. The third-order valence-electron chi connectivity index (χ3n) is 8.34. The van der Waals surface area contributed by atoms with Crippen LogP contribution in [-0.2, 0) is 9.47 Å². The Bertz CT molecular complexity index is 1580. The molecule has 0 N–H and O–H groups in total. The molecule has 6 heteroatoms. The second-order valence-electron chi connectivity index (χ2n) is 11.8. The van der Waals surface area contributed by atoms with Gasteiger partial charge >= 0.3 is 11.9 Å². The molecule has 0 aliphatic carbocycles. The fourth-order valence-corrected chi connectivity index (χ4v) is 10.9. The van der Waals surface area contributed by atoms with Gasteiger partial charge in [-0.1, -0.05) is 137 Å². The van der Waals surface area contributed by atoms with Crippen molar-refractivity contribution in [3.05, 3.63) is 155 Å². The van der Waals surface area contributed by atoms with Gasteiger partial charge in [0.05, 0.1) is 36.9 Å². The summed E-state index contributed by atoms with van der Waals surface area (Å²) >= 11 is 0. The largest absolute Gasteiger partial charge is 1.00 e. The minimum Gasteiger partial charge on any atom is -1.00 e. The number of benzene rings is 4. The zero-order chi connectivity index (χ0) is 33.3. The monoisotopic (exact) mass is 682 g/mol. The Labute approximate surface area is 294 Å². The fraction of sp³-hybridized carbons (Fsp3) is 0.286. The summed E-state index contributed by atoms with van der Waals surface area (Å²) in [6.07, 6.45) is 11.5. The van der Waals surface area contributed by atoms with Crippen molar-refractivity contribution < 1.29 is 31.5 Å². The number of carbonyl (C=O) groups excluding carboxylic acids is 2. The van der Waals surface area contributed by atoms with Crippen LogP contribution in [0.15, 0.2) is 133 Å². The van der Waals surface area contributed by atoms with Crippen LogP contribution in [0.4, 0.5) is 0 Å². The highest BCUT2D eigenvalue weighted by Crippen LogP contribution is 2.69. The Hall–Kier alpha value is -3.98. The van der Waals surface area contributed by atoms with Crippen molar-refractivity contribution in [2.45, 2.75) is 59.3 Å². The number of ether oxygens (including phenoxy) is 2. The normalized spacial score (nSPS) is 12.0. The molecule has 0 fully saturated rings. The molecule has 4 rings (SSSR count). The fourth-order valence-electron chi connectivity index (χ4n) is 5.70. The molecule has 4 aromatic rings. The van der Waals surface area contributed by atoms with Crippen molar-refractivity contribution in [3.63, 3.8) is 0 Å². The van der Waals surface area contributed by atoms with Gasteiger partial charge in [-0.3, -0.25) is 0 Å². The van der Waals surface area contributed by atoms with E-state index in [0.29, 0.717) is 22.6 Å². The zero-order valence-corrected chi connectivity index (χ0v) is 30.1. The molecule has 4 aromatic carbocycles. The van der Waals surface area contributed by atoms with Gasteiger partial charge in [-0.05, 0) is 43.5 Å². The molecule has 0 saturated carbocycles. The number of allylic oxidation sites excluding steroid dienone is 2. The number of hydrogen-bond acceptors (Lipinski definition) is 4. The minimum absolute atomic E-state index is 0. The molecule has 48 heavy (non-hydrogen) atoms. The molecular formula is C42H48ClO4P. The number of halogens is 1. The molecule has 252 valence electrons. The van der Waals surface area contributed by atoms with Crippen LogP contribution in [0.5, 0.6) is 0 Å². The van der Waals surface area contributed by atoms with Crippen LogP contribution in [0.3, 0.4) is 0 Å². The lowest BCUT2D eigenvalue weighted by Gasteiger charge is -2.30. The van der Waals surface area contributed by atoms with E-state index in [1.54, 1.807) is 24.3 Å². The van der Waals surface area contributed by atoms with Gasteiger partial charge in [-0.25, -0.2) is 9.59 Å².